The number of anilines is 2. The molecule has 0 heterocycles. The summed E-state index contributed by atoms with van der Waals surface area (Å²) < 4.78 is 30.1. The van der Waals surface area contributed by atoms with Crippen LogP contribution in [0.5, 0.6) is 0 Å². The van der Waals surface area contributed by atoms with E-state index in [1.54, 1.807) is 0 Å². The fraction of sp³-hybridized carbons (Fsp3) is 0. The minimum absolute atomic E-state index is 0.00683. The lowest BCUT2D eigenvalue weighted by atomic mass is 10.3. The first-order valence-electron chi connectivity index (χ1n) is 3.14. The normalized spacial score (nSPS) is 11.5. The van der Waals surface area contributed by atoms with Crippen LogP contribution < -0.4 is 11.5 Å². The topological polar surface area (TPSA) is 106 Å². The molecule has 0 fully saturated rings. The van der Waals surface area contributed by atoms with Crippen LogP contribution >= 0.6 is 11.6 Å². The van der Waals surface area contributed by atoms with Crippen molar-refractivity contribution in [2.75, 3.05) is 11.5 Å². The zero-order chi connectivity index (χ0) is 10.2. The summed E-state index contributed by atoms with van der Waals surface area (Å²) in [4.78, 5) is -0.475. The van der Waals surface area contributed by atoms with E-state index in [-0.39, 0.29) is 16.4 Å². The molecule has 72 valence electrons. The van der Waals surface area contributed by atoms with Crippen LogP contribution in [0, 0.1) is 0 Å². The van der Waals surface area contributed by atoms with Gasteiger partial charge < -0.3 is 11.5 Å². The summed E-state index contributed by atoms with van der Waals surface area (Å²) in [5.74, 6) is 0. The third-order valence-electron chi connectivity index (χ3n) is 1.39. The molecule has 0 aliphatic carbocycles. The third-order valence-corrected chi connectivity index (χ3v) is 2.60. The molecule has 5 N–H and O–H groups in total. The summed E-state index contributed by atoms with van der Waals surface area (Å²) in [6.45, 7) is 0. The van der Waals surface area contributed by atoms with E-state index >= 15 is 0 Å². The first-order valence-corrected chi connectivity index (χ1v) is 4.96. The highest BCUT2D eigenvalue weighted by molar-refractivity contribution is 7.86. The Bertz CT molecular complexity index is 443. The largest absolute Gasteiger partial charge is 0.399 e. The van der Waals surface area contributed by atoms with Gasteiger partial charge >= 0.3 is 0 Å². The summed E-state index contributed by atoms with van der Waals surface area (Å²) in [6.07, 6.45) is 0. The van der Waals surface area contributed by atoms with Gasteiger partial charge in [-0.3, -0.25) is 4.55 Å². The van der Waals surface area contributed by atoms with Crippen LogP contribution in [0.3, 0.4) is 0 Å². The third kappa shape index (κ3) is 2.03. The van der Waals surface area contributed by atoms with Gasteiger partial charge in [-0.15, -0.1) is 0 Å². The second-order valence-corrected chi connectivity index (χ2v) is 4.19. The van der Waals surface area contributed by atoms with E-state index in [0.717, 1.165) is 6.07 Å². The fourth-order valence-electron chi connectivity index (χ4n) is 0.826. The van der Waals surface area contributed by atoms with Gasteiger partial charge in [0.25, 0.3) is 10.1 Å². The van der Waals surface area contributed by atoms with Gasteiger partial charge in [-0.2, -0.15) is 8.42 Å². The maximum atomic E-state index is 10.7. The number of nitrogen functional groups attached to an aromatic ring is 2. The first kappa shape index (κ1) is 10.1. The molecule has 5 nitrogen and oxygen atoms in total. The number of hydrogen-bond acceptors (Lipinski definition) is 4. The minimum Gasteiger partial charge on any atom is -0.399 e. The van der Waals surface area contributed by atoms with Crippen molar-refractivity contribution >= 4 is 33.1 Å². The van der Waals surface area contributed by atoms with Crippen LogP contribution in [0.25, 0.3) is 0 Å². The molecule has 0 atom stereocenters. The summed E-state index contributed by atoms with van der Waals surface area (Å²) in [5.41, 5.74) is 10.5. The minimum atomic E-state index is -4.37. The van der Waals surface area contributed by atoms with Crippen molar-refractivity contribution in [1.82, 2.24) is 0 Å². The van der Waals surface area contributed by atoms with Crippen molar-refractivity contribution in [2.24, 2.45) is 0 Å². The smallest absolute Gasteiger partial charge is 0.296 e. The van der Waals surface area contributed by atoms with E-state index in [0.29, 0.717) is 0 Å². The summed E-state index contributed by atoms with van der Waals surface area (Å²) in [5, 5.41) is -0.00683. The molecule has 0 unspecified atom stereocenters. The molecule has 0 saturated carbocycles. The Hall–Kier alpha value is -0.980. The van der Waals surface area contributed by atoms with Crippen LogP contribution in [-0.2, 0) is 10.1 Å². The van der Waals surface area contributed by atoms with E-state index in [9.17, 15) is 8.42 Å². The van der Waals surface area contributed by atoms with Gasteiger partial charge in [-0.05, 0) is 12.1 Å². The maximum Gasteiger partial charge on any atom is 0.296 e. The lowest BCUT2D eigenvalue weighted by molar-refractivity contribution is 0.483. The predicted octanol–water partition coefficient (Wildman–Crippen LogP) is 0.751. The number of rotatable bonds is 1. The molecular weight excluding hydrogens is 216 g/mol. The van der Waals surface area contributed by atoms with Crippen molar-refractivity contribution < 1.29 is 13.0 Å². The molecule has 13 heavy (non-hydrogen) atoms. The Morgan fingerprint density at radius 3 is 2.31 bits per heavy atom. The van der Waals surface area contributed by atoms with E-state index in [1.807, 2.05) is 0 Å². The van der Waals surface area contributed by atoms with Gasteiger partial charge in [0.2, 0.25) is 0 Å². The monoisotopic (exact) mass is 222 g/mol. The number of halogens is 1. The summed E-state index contributed by atoms with van der Waals surface area (Å²) >= 11 is 5.54. The van der Waals surface area contributed by atoms with Gasteiger partial charge in [-0.25, -0.2) is 0 Å². The first-order chi connectivity index (χ1) is 5.82. The Morgan fingerprint density at radius 2 is 1.85 bits per heavy atom. The van der Waals surface area contributed by atoms with Gasteiger partial charge in [0.15, 0.2) is 0 Å². The zero-order valence-electron chi connectivity index (χ0n) is 6.36. The fourth-order valence-corrected chi connectivity index (χ4v) is 1.78. The highest BCUT2D eigenvalue weighted by Crippen LogP contribution is 2.29. The van der Waals surface area contributed by atoms with Gasteiger partial charge in [0.1, 0.15) is 4.90 Å². The van der Waals surface area contributed by atoms with Crippen LogP contribution in [0.1, 0.15) is 0 Å². The average Bonchev–Trinajstić information content (AvgIpc) is 1.94. The van der Waals surface area contributed by atoms with Crippen molar-refractivity contribution in [3.8, 4) is 0 Å². The molecule has 0 aliphatic rings. The van der Waals surface area contributed by atoms with Gasteiger partial charge in [0, 0.05) is 5.69 Å². The molecule has 0 radical (unpaired) electrons. The van der Waals surface area contributed by atoms with Crippen molar-refractivity contribution in [3.05, 3.63) is 17.2 Å². The molecule has 1 aromatic carbocycles. The quantitative estimate of drug-likeness (QED) is 0.480. The summed E-state index contributed by atoms with van der Waals surface area (Å²) in [7, 11) is -4.37. The SMILES string of the molecule is Nc1cc(Cl)c(N)c(S(=O)(=O)O)c1. The van der Waals surface area contributed by atoms with Crippen molar-refractivity contribution in [2.45, 2.75) is 4.90 Å². The maximum absolute atomic E-state index is 10.7. The molecule has 0 spiro atoms. The lowest BCUT2D eigenvalue weighted by Crippen LogP contribution is -2.04. The van der Waals surface area contributed by atoms with Crippen LogP contribution in [0.15, 0.2) is 17.0 Å². The Morgan fingerprint density at radius 1 is 1.31 bits per heavy atom. The lowest BCUT2D eigenvalue weighted by Gasteiger charge is -2.05. The van der Waals surface area contributed by atoms with Crippen LogP contribution in [-0.4, -0.2) is 13.0 Å². The van der Waals surface area contributed by atoms with Gasteiger partial charge in [-0.1, -0.05) is 11.6 Å². The Kier molecular flexibility index (Phi) is 2.38. The molecule has 0 saturated heterocycles. The molecular formula is C6H7ClN2O3S. The standard InChI is InChI=1S/C6H7ClN2O3S/c7-4-1-3(8)2-5(6(4)9)13(10,11)12/h1-2H,8-9H2,(H,10,11,12). The van der Waals surface area contributed by atoms with E-state index in [2.05, 4.69) is 0 Å². The molecule has 0 aliphatic heterocycles. The van der Waals surface area contributed by atoms with E-state index in [1.165, 1.54) is 6.07 Å². The highest BCUT2D eigenvalue weighted by Gasteiger charge is 2.16. The molecule has 1 rings (SSSR count). The van der Waals surface area contributed by atoms with Crippen LogP contribution in [0.4, 0.5) is 11.4 Å². The highest BCUT2D eigenvalue weighted by atomic mass is 35.5. The number of benzene rings is 1. The molecule has 0 amide bonds. The average molecular weight is 223 g/mol. The summed E-state index contributed by atoms with van der Waals surface area (Å²) in [6, 6.07) is 2.34. The molecule has 0 aromatic heterocycles. The van der Waals surface area contributed by atoms with Gasteiger partial charge in [0.05, 0.1) is 10.7 Å². The van der Waals surface area contributed by atoms with E-state index in [4.69, 9.17) is 27.6 Å². The Labute approximate surface area is 80.0 Å². The zero-order valence-corrected chi connectivity index (χ0v) is 7.93. The molecule has 1 aromatic rings. The van der Waals surface area contributed by atoms with Crippen molar-refractivity contribution in [1.29, 1.82) is 0 Å². The Balaban J connectivity index is 3.56. The van der Waals surface area contributed by atoms with Crippen LogP contribution in [0.2, 0.25) is 5.02 Å². The van der Waals surface area contributed by atoms with Crippen molar-refractivity contribution in [3.63, 3.8) is 0 Å². The second-order valence-electron chi connectivity index (χ2n) is 2.39. The predicted molar refractivity (Wildman–Crippen MR) is 50.1 cm³/mol. The molecule has 7 heteroatoms. The number of hydrogen-bond donors (Lipinski definition) is 3. The molecule has 0 bridgehead atoms. The van der Waals surface area contributed by atoms with E-state index < -0.39 is 15.0 Å². The second kappa shape index (κ2) is 3.06. The number of nitrogens with two attached hydrogens (primary N) is 2.